The average molecular weight is 193 g/mol. The molecule has 0 radical (unpaired) electrons. The van der Waals surface area contributed by atoms with Crippen LogP contribution >= 0.6 is 0 Å². The summed E-state index contributed by atoms with van der Waals surface area (Å²) in [6.45, 7) is 5.81. The van der Waals surface area contributed by atoms with Crippen molar-refractivity contribution < 1.29 is 0 Å². The molecule has 1 aromatic rings. The second kappa shape index (κ2) is 3.66. The predicted octanol–water partition coefficient (Wildman–Crippen LogP) is 1.36. The number of nitrogens with zero attached hydrogens (tertiary/aromatic N) is 4. The van der Waals surface area contributed by atoms with E-state index in [1.807, 2.05) is 20.8 Å². The minimum Gasteiger partial charge on any atom is -0.367 e. The maximum atomic E-state index is 8.88. The van der Waals surface area contributed by atoms with Crippen LogP contribution in [0.3, 0.4) is 0 Å². The number of nitrogen functional groups attached to an aromatic ring is 1. The first-order valence-electron chi connectivity index (χ1n) is 4.52. The molecule has 0 aliphatic rings. The first-order chi connectivity index (χ1) is 6.44. The summed E-state index contributed by atoms with van der Waals surface area (Å²) in [5, 5.41) is 12.9. The molecule has 0 fully saturated rings. The van der Waals surface area contributed by atoms with Crippen LogP contribution in [0.1, 0.15) is 33.2 Å². The van der Waals surface area contributed by atoms with E-state index in [0.29, 0.717) is 0 Å². The summed E-state index contributed by atoms with van der Waals surface area (Å²) in [7, 11) is 0. The van der Waals surface area contributed by atoms with Gasteiger partial charge in [-0.1, -0.05) is 0 Å². The molecular formula is C9H15N5. The van der Waals surface area contributed by atoms with Gasteiger partial charge in [-0.05, 0) is 27.2 Å². The van der Waals surface area contributed by atoms with Gasteiger partial charge in [-0.15, -0.1) is 5.10 Å². The van der Waals surface area contributed by atoms with Crippen LogP contribution in [-0.2, 0) is 0 Å². The second-order valence-electron chi connectivity index (χ2n) is 4.13. The van der Waals surface area contributed by atoms with Gasteiger partial charge in [0, 0.05) is 0 Å². The molecule has 1 unspecified atom stereocenters. The Morgan fingerprint density at radius 3 is 2.79 bits per heavy atom. The average Bonchev–Trinajstić information content (AvgIpc) is 2.51. The van der Waals surface area contributed by atoms with Crippen LogP contribution in [-0.4, -0.2) is 14.8 Å². The van der Waals surface area contributed by atoms with Crippen LogP contribution < -0.4 is 5.73 Å². The third-order valence-corrected chi connectivity index (χ3v) is 2.09. The van der Waals surface area contributed by atoms with Crippen LogP contribution in [0.2, 0.25) is 0 Å². The zero-order valence-electron chi connectivity index (χ0n) is 8.73. The molecular weight excluding hydrogens is 178 g/mol. The van der Waals surface area contributed by atoms with E-state index in [2.05, 4.69) is 16.2 Å². The van der Waals surface area contributed by atoms with Crippen molar-refractivity contribution in [1.82, 2.24) is 14.8 Å². The largest absolute Gasteiger partial charge is 0.367 e. The fraction of sp³-hybridized carbons (Fsp3) is 0.667. The lowest BCUT2D eigenvalue weighted by Crippen LogP contribution is -2.16. The highest BCUT2D eigenvalue weighted by atomic mass is 15.4. The smallest absolute Gasteiger partial charge is 0.239 e. The maximum Gasteiger partial charge on any atom is 0.239 e. The molecule has 1 rings (SSSR count). The Morgan fingerprint density at radius 1 is 1.71 bits per heavy atom. The van der Waals surface area contributed by atoms with Crippen LogP contribution in [0.5, 0.6) is 0 Å². The number of anilines is 1. The van der Waals surface area contributed by atoms with Crippen LogP contribution in [0.4, 0.5) is 5.95 Å². The summed E-state index contributed by atoms with van der Waals surface area (Å²) < 4.78 is 1.69. The molecule has 76 valence electrons. The molecule has 14 heavy (non-hydrogen) atoms. The monoisotopic (exact) mass is 193 g/mol. The lowest BCUT2D eigenvalue weighted by Gasteiger charge is -2.20. The Kier molecular flexibility index (Phi) is 2.75. The van der Waals surface area contributed by atoms with E-state index in [1.54, 1.807) is 11.0 Å². The summed E-state index contributed by atoms with van der Waals surface area (Å²) in [6, 6.07) is 2.39. The highest BCUT2D eigenvalue weighted by Gasteiger charge is 2.21. The van der Waals surface area contributed by atoms with E-state index >= 15 is 0 Å². The summed E-state index contributed by atoms with van der Waals surface area (Å²) in [5.74, 6) is 0.270. The van der Waals surface area contributed by atoms with Gasteiger partial charge in [0.1, 0.15) is 6.33 Å². The Hall–Kier alpha value is -1.57. The zero-order chi connectivity index (χ0) is 10.8. The molecule has 1 atom stereocenters. The Balaban J connectivity index is 2.69. The van der Waals surface area contributed by atoms with Crippen molar-refractivity contribution in [2.45, 2.75) is 33.2 Å². The number of nitriles is 1. The number of nitrogens with two attached hydrogens (primary N) is 1. The minimum absolute atomic E-state index is 0.134. The van der Waals surface area contributed by atoms with Crippen molar-refractivity contribution >= 4 is 5.95 Å². The van der Waals surface area contributed by atoms with Crippen LogP contribution in [0.15, 0.2) is 6.33 Å². The Labute approximate surface area is 83.5 Å². The van der Waals surface area contributed by atoms with Gasteiger partial charge in [0.05, 0.1) is 17.5 Å². The van der Waals surface area contributed by atoms with Gasteiger partial charge in [-0.3, -0.25) is 0 Å². The van der Waals surface area contributed by atoms with Crippen molar-refractivity contribution in [2.75, 3.05) is 5.73 Å². The standard InChI is InChI=1S/C9H15N5/c1-7(4-9(2,3)5-10)14-6-12-8(11)13-14/h6-7H,4H2,1-3H3,(H2,11,13). The van der Waals surface area contributed by atoms with Gasteiger partial charge in [-0.2, -0.15) is 5.26 Å². The lowest BCUT2D eigenvalue weighted by molar-refractivity contribution is 0.336. The molecule has 0 spiro atoms. The molecule has 0 aromatic carbocycles. The Bertz CT molecular complexity index is 346. The van der Waals surface area contributed by atoms with Gasteiger partial charge in [0.15, 0.2) is 0 Å². The summed E-state index contributed by atoms with van der Waals surface area (Å²) in [5.41, 5.74) is 5.06. The van der Waals surface area contributed by atoms with E-state index in [9.17, 15) is 0 Å². The quantitative estimate of drug-likeness (QED) is 0.785. The topological polar surface area (TPSA) is 80.5 Å². The number of hydrogen-bond donors (Lipinski definition) is 1. The summed E-state index contributed by atoms with van der Waals surface area (Å²) in [4.78, 5) is 3.84. The van der Waals surface area contributed by atoms with E-state index in [4.69, 9.17) is 11.0 Å². The number of aromatic nitrogens is 3. The molecule has 1 aromatic heterocycles. The SMILES string of the molecule is CC(CC(C)(C)C#N)n1cnc(N)n1. The molecule has 5 heteroatoms. The molecule has 0 amide bonds. The third kappa shape index (κ3) is 2.46. The van der Waals surface area contributed by atoms with E-state index < -0.39 is 0 Å². The van der Waals surface area contributed by atoms with Gasteiger partial charge in [0.25, 0.3) is 0 Å². The van der Waals surface area contributed by atoms with E-state index in [-0.39, 0.29) is 17.4 Å². The Morgan fingerprint density at radius 2 is 2.36 bits per heavy atom. The third-order valence-electron chi connectivity index (χ3n) is 2.09. The van der Waals surface area contributed by atoms with Crippen molar-refractivity contribution in [2.24, 2.45) is 5.41 Å². The molecule has 5 nitrogen and oxygen atoms in total. The van der Waals surface area contributed by atoms with Crippen molar-refractivity contribution in [1.29, 1.82) is 5.26 Å². The van der Waals surface area contributed by atoms with Crippen molar-refractivity contribution in [3.63, 3.8) is 0 Å². The maximum absolute atomic E-state index is 8.88. The highest BCUT2D eigenvalue weighted by Crippen LogP contribution is 2.26. The number of hydrogen-bond acceptors (Lipinski definition) is 4. The van der Waals surface area contributed by atoms with Crippen LogP contribution in [0, 0.1) is 16.7 Å². The molecule has 0 aliphatic heterocycles. The van der Waals surface area contributed by atoms with Gasteiger partial charge >= 0.3 is 0 Å². The first-order valence-corrected chi connectivity index (χ1v) is 4.52. The first kappa shape index (κ1) is 10.5. The fourth-order valence-corrected chi connectivity index (χ4v) is 1.38. The number of rotatable bonds is 3. The minimum atomic E-state index is -0.347. The normalized spacial score (nSPS) is 13.6. The van der Waals surface area contributed by atoms with Gasteiger partial charge in [0.2, 0.25) is 5.95 Å². The van der Waals surface area contributed by atoms with Crippen molar-refractivity contribution in [3.8, 4) is 6.07 Å². The second-order valence-corrected chi connectivity index (χ2v) is 4.13. The highest BCUT2D eigenvalue weighted by molar-refractivity contribution is 5.09. The molecule has 1 heterocycles. The molecule has 0 saturated carbocycles. The lowest BCUT2D eigenvalue weighted by atomic mass is 9.88. The molecule has 2 N–H and O–H groups in total. The fourth-order valence-electron chi connectivity index (χ4n) is 1.38. The van der Waals surface area contributed by atoms with E-state index in [0.717, 1.165) is 6.42 Å². The van der Waals surface area contributed by atoms with Gasteiger partial charge < -0.3 is 5.73 Å². The molecule has 0 bridgehead atoms. The van der Waals surface area contributed by atoms with Crippen molar-refractivity contribution in [3.05, 3.63) is 6.33 Å². The van der Waals surface area contributed by atoms with Crippen LogP contribution in [0.25, 0.3) is 0 Å². The van der Waals surface area contributed by atoms with Gasteiger partial charge in [-0.25, -0.2) is 9.67 Å². The van der Waals surface area contributed by atoms with E-state index in [1.165, 1.54) is 0 Å². The zero-order valence-corrected chi connectivity index (χ0v) is 8.73. The summed E-state index contributed by atoms with van der Waals surface area (Å²) in [6.07, 6.45) is 2.32. The summed E-state index contributed by atoms with van der Waals surface area (Å²) >= 11 is 0. The molecule has 0 saturated heterocycles. The molecule has 0 aliphatic carbocycles. The predicted molar refractivity (Wildman–Crippen MR) is 53.2 cm³/mol.